The molecule has 0 bridgehead atoms. The summed E-state index contributed by atoms with van der Waals surface area (Å²) in [6.45, 7) is 4.50. The van der Waals surface area contributed by atoms with Crippen LogP contribution in [0.2, 0.25) is 0 Å². The first-order valence-corrected chi connectivity index (χ1v) is 8.30. The zero-order valence-electron chi connectivity index (χ0n) is 13.7. The maximum absolute atomic E-state index is 12.7. The van der Waals surface area contributed by atoms with E-state index in [0.29, 0.717) is 38.5 Å². The van der Waals surface area contributed by atoms with Gasteiger partial charge in [-0.25, -0.2) is 9.69 Å². The molecule has 3 amide bonds. The fraction of sp³-hybridized carbons (Fsp3) is 0.471. The van der Waals surface area contributed by atoms with Crippen LogP contribution in [0.15, 0.2) is 30.3 Å². The number of quaternary nitrogens is 1. The maximum atomic E-state index is 12.7. The molecule has 2 heterocycles. The molecule has 0 spiro atoms. The molecule has 7 nitrogen and oxygen atoms in total. The smallest absolute Gasteiger partial charge is 0.410 e. The fourth-order valence-corrected chi connectivity index (χ4v) is 3.34. The van der Waals surface area contributed by atoms with Gasteiger partial charge in [-0.1, -0.05) is 18.2 Å². The van der Waals surface area contributed by atoms with E-state index in [2.05, 4.69) is 0 Å². The number of imide groups is 1. The molecule has 7 heteroatoms. The molecular formula is C17H22N3O4+. The number of carbonyl (C=O) groups is 3. The van der Waals surface area contributed by atoms with Crippen LogP contribution in [0.3, 0.4) is 0 Å². The molecule has 1 aromatic rings. The van der Waals surface area contributed by atoms with Gasteiger partial charge in [-0.3, -0.25) is 14.5 Å². The van der Waals surface area contributed by atoms with Crippen LogP contribution in [0.25, 0.3) is 0 Å². The van der Waals surface area contributed by atoms with E-state index in [1.807, 2.05) is 18.2 Å². The minimum absolute atomic E-state index is 0.147. The summed E-state index contributed by atoms with van der Waals surface area (Å²) in [7, 11) is 0. The highest BCUT2D eigenvalue weighted by atomic mass is 16.6. The summed E-state index contributed by atoms with van der Waals surface area (Å²) in [5.41, 5.74) is 0.625. The molecule has 24 heavy (non-hydrogen) atoms. The lowest BCUT2D eigenvalue weighted by Gasteiger charge is -2.33. The largest absolute Gasteiger partial charge is 0.450 e. The first-order chi connectivity index (χ1) is 11.6. The van der Waals surface area contributed by atoms with Gasteiger partial charge < -0.3 is 9.64 Å². The van der Waals surface area contributed by atoms with Crippen molar-refractivity contribution in [1.82, 2.24) is 4.90 Å². The zero-order chi connectivity index (χ0) is 17.1. The van der Waals surface area contributed by atoms with Gasteiger partial charge in [0.05, 0.1) is 44.9 Å². The summed E-state index contributed by atoms with van der Waals surface area (Å²) in [6, 6.07) is 8.66. The van der Waals surface area contributed by atoms with Crippen LogP contribution in [-0.4, -0.2) is 61.6 Å². The molecule has 1 N–H and O–H groups in total. The van der Waals surface area contributed by atoms with Crippen molar-refractivity contribution in [1.29, 1.82) is 0 Å². The molecule has 3 rings (SSSR count). The molecule has 0 aliphatic carbocycles. The molecule has 128 valence electrons. The van der Waals surface area contributed by atoms with Gasteiger partial charge in [0.1, 0.15) is 0 Å². The molecule has 0 radical (unpaired) electrons. The highest BCUT2D eigenvalue weighted by Crippen LogP contribution is 2.21. The second-order valence-corrected chi connectivity index (χ2v) is 6.00. The summed E-state index contributed by atoms with van der Waals surface area (Å²) >= 11 is 0. The van der Waals surface area contributed by atoms with Crippen molar-refractivity contribution in [3.63, 3.8) is 0 Å². The Kier molecular flexibility index (Phi) is 4.80. The third kappa shape index (κ3) is 3.12. The molecule has 0 unspecified atom stereocenters. The second-order valence-electron chi connectivity index (χ2n) is 6.00. The van der Waals surface area contributed by atoms with Crippen molar-refractivity contribution in [2.45, 2.75) is 19.4 Å². The minimum atomic E-state index is -0.359. The van der Waals surface area contributed by atoms with Gasteiger partial charge in [-0.15, -0.1) is 0 Å². The minimum Gasteiger partial charge on any atom is -0.450 e. The number of carbonyl (C=O) groups excluding carboxylic acids is 3. The monoisotopic (exact) mass is 332 g/mol. The molecule has 1 aromatic carbocycles. The molecule has 2 aliphatic rings. The highest BCUT2D eigenvalue weighted by molar-refractivity contribution is 6.21. The van der Waals surface area contributed by atoms with E-state index in [0.717, 1.165) is 4.90 Å². The predicted octanol–water partition coefficient (Wildman–Crippen LogP) is -0.324. The fourth-order valence-electron chi connectivity index (χ4n) is 3.34. The van der Waals surface area contributed by atoms with E-state index in [1.54, 1.807) is 24.0 Å². The van der Waals surface area contributed by atoms with Crippen LogP contribution < -0.4 is 9.80 Å². The van der Waals surface area contributed by atoms with E-state index < -0.39 is 0 Å². The Morgan fingerprint density at radius 3 is 2.50 bits per heavy atom. The molecule has 0 saturated carbocycles. The van der Waals surface area contributed by atoms with Gasteiger partial charge in [0, 0.05) is 0 Å². The number of amides is 3. The quantitative estimate of drug-likeness (QED) is 0.770. The van der Waals surface area contributed by atoms with Gasteiger partial charge in [-0.05, 0) is 19.1 Å². The number of benzene rings is 1. The van der Waals surface area contributed by atoms with E-state index in [-0.39, 0.29) is 30.4 Å². The van der Waals surface area contributed by atoms with Crippen molar-refractivity contribution in [3.8, 4) is 0 Å². The molecule has 2 saturated heterocycles. The Morgan fingerprint density at radius 2 is 1.88 bits per heavy atom. The summed E-state index contributed by atoms with van der Waals surface area (Å²) in [5.74, 6) is -0.303. The Bertz CT molecular complexity index is 626. The van der Waals surface area contributed by atoms with Crippen molar-refractivity contribution >= 4 is 23.6 Å². The lowest BCUT2D eigenvalue weighted by Crippen LogP contribution is -3.19. The molecule has 0 aromatic heterocycles. The zero-order valence-corrected chi connectivity index (χ0v) is 13.7. The molecule has 2 aliphatic heterocycles. The summed E-state index contributed by atoms with van der Waals surface area (Å²) in [4.78, 5) is 40.8. The number of nitrogens with one attached hydrogen (secondary N) is 1. The van der Waals surface area contributed by atoms with Crippen molar-refractivity contribution in [3.05, 3.63) is 30.3 Å². The van der Waals surface area contributed by atoms with Gasteiger partial charge in [-0.2, -0.15) is 0 Å². The molecular weight excluding hydrogens is 310 g/mol. The van der Waals surface area contributed by atoms with Crippen LogP contribution in [0, 0.1) is 0 Å². The van der Waals surface area contributed by atoms with E-state index in [1.165, 1.54) is 4.90 Å². The predicted molar refractivity (Wildman–Crippen MR) is 86.6 cm³/mol. The SMILES string of the molecule is CCOC(=O)N1CC[NH+]([C@@H]2CC(=O)N(c3ccccc3)C2=O)CC1. The normalized spacial score (nSPS) is 22.1. The van der Waals surface area contributed by atoms with Gasteiger partial charge >= 0.3 is 6.09 Å². The lowest BCUT2D eigenvalue weighted by atomic mass is 10.2. The van der Waals surface area contributed by atoms with E-state index >= 15 is 0 Å². The first-order valence-electron chi connectivity index (χ1n) is 8.30. The Hall–Kier alpha value is -2.41. The third-order valence-electron chi connectivity index (χ3n) is 4.59. The van der Waals surface area contributed by atoms with Crippen LogP contribution in [-0.2, 0) is 14.3 Å². The van der Waals surface area contributed by atoms with Crippen LogP contribution in [0.1, 0.15) is 13.3 Å². The number of rotatable bonds is 3. The number of anilines is 1. The van der Waals surface area contributed by atoms with E-state index in [4.69, 9.17) is 4.74 Å². The summed E-state index contributed by atoms with van der Waals surface area (Å²) in [5, 5.41) is 0. The number of para-hydroxylation sites is 1. The summed E-state index contributed by atoms with van der Waals surface area (Å²) in [6.07, 6.45) is -0.0843. The Balaban J connectivity index is 1.64. The van der Waals surface area contributed by atoms with Gasteiger partial charge in [0.2, 0.25) is 5.91 Å². The van der Waals surface area contributed by atoms with Gasteiger partial charge in [0.25, 0.3) is 5.91 Å². The van der Waals surface area contributed by atoms with E-state index in [9.17, 15) is 14.4 Å². The van der Waals surface area contributed by atoms with Crippen LogP contribution in [0.5, 0.6) is 0 Å². The van der Waals surface area contributed by atoms with Crippen molar-refractivity contribution in [2.24, 2.45) is 0 Å². The Labute approximate surface area is 140 Å². The Morgan fingerprint density at radius 1 is 1.21 bits per heavy atom. The first kappa shape index (κ1) is 16.4. The third-order valence-corrected chi connectivity index (χ3v) is 4.59. The standard InChI is InChI=1S/C17H21N3O4/c1-2-24-17(23)19-10-8-18(9-11-19)14-12-15(21)20(16(14)22)13-6-4-3-5-7-13/h3-7,14H,2,8-12H2,1H3/p+1/t14-/m1/s1. The van der Waals surface area contributed by atoms with Crippen LogP contribution >= 0.6 is 0 Å². The number of ether oxygens (including phenoxy) is 1. The van der Waals surface area contributed by atoms with Crippen LogP contribution in [0.4, 0.5) is 10.5 Å². The molecule has 1 atom stereocenters. The number of piperazine rings is 1. The average Bonchev–Trinajstić information content (AvgIpc) is 2.90. The van der Waals surface area contributed by atoms with Crippen molar-refractivity contribution < 1.29 is 24.0 Å². The maximum Gasteiger partial charge on any atom is 0.410 e. The second kappa shape index (κ2) is 7.00. The molecule has 2 fully saturated rings. The topological polar surface area (TPSA) is 71.4 Å². The number of nitrogens with zero attached hydrogens (tertiary/aromatic N) is 2. The average molecular weight is 332 g/mol. The summed E-state index contributed by atoms with van der Waals surface area (Å²) < 4.78 is 5.00. The number of hydrogen-bond acceptors (Lipinski definition) is 4. The number of hydrogen-bond donors (Lipinski definition) is 1. The highest BCUT2D eigenvalue weighted by Gasteiger charge is 2.46. The lowest BCUT2D eigenvalue weighted by molar-refractivity contribution is -0.918. The van der Waals surface area contributed by atoms with Gasteiger partial charge in [0.15, 0.2) is 6.04 Å². The van der Waals surface area contributed by atoms with Crippen molar-refractivity contribution in [2.75, 3.05) is 37.7 Å².